The second-order valence-electron chi connectivity index (χ2n) is 4.89. The van der Waals surface area contributed by atoms with Crippen molar-refractivity contribution >= 4 is 25.5 Å². The van der Waals surface area contributed by atoms with E-state index in [4.69, 9.17) is 5.73 Å². The highest BCUT2D eigenvalue weighted by molar-refractivity contribution is 7.92. The smallest absolute Gasteiger partial charge is 0.246 e. The van der Waals surface area contributed by atoms with Crippen LogP contribution in [0.4, 0.5) is 14.5 Å². The third-order valence-electron chi connectivity index (χ3n) is 3.40. The van der Waals surface area contributed by atoms with Gasteiger partial charge in [-0.1, -0.05) is 0 Å². The molecule has 0 spiro atoms. The Morgan fingerprint density at radius 3 is 2.48 bits per heavy atom. The zero-order chi connectivity index (χ0) is 16.0. The van der Waals surface area contributed by atoms with Crippen LogP contribution in [0, 0.1) is 11.6 Å². The minimum atomic E-state index is -4.37. The minimum Gasteiger partial charge on any atom is -0.399 e. The molecular formula is C11H14F2N2O4S2. The molecule has 0 radical (unpaired) electrons. The van der Waals surface area contributed by atoms with Crippen LogP contribution in [0.5, 0.6) is 0 Å². The molecule has 0 amide bonds. The number of hydrogen-bond donors (Lipinski definition) is 1. The van der Waals surface area contributed by atoms with Crippen LogP contribution in [0.15, 0.2) is 17.0 Å². The van der Waals surface area contributed by atoms with Gasteiger partial charge < -0.3 is 5.73 Å². The Balaban J connectivity index is 2.43. The highest BCUT2D eigenvalue weighted by Gasteiger charge is 2.38. The molecule has 1 saturated heterocycles. The van der Waals surface area contributed by atoms with Gasteiger partial charge in [0.15, 0.2) is 21.5 Å². The quantitative estimate of drug-likeness (QED) is 0.801. The third kappa shape index (κ3) is 3.01. The maximum Gasteiger partial charge on any atom is 0.246 e. The van der Waals surface area contributed by atoms with Crippen LogP contribution in [0.3, 0.4) is 0 Å². The number of nitrogens with two attached hydrogens (primary N) is 1. The molecule has 2 N–H and O–H groups in total. The molecule has 6 nitrogen and oxygen atoms in total. The Hall–Kier alpha value is -1.26. The van der Waals surface area contributed by atoms with E-state index >= 15 is 0 Å². The number of sulfonamides is 1. The van der Waals surface area contributed by atoms with Crippen molar-refractivity contribution in [1.82, 2.24) is 4.31 Å². The number of nitrogens with zero attached hydrogens (tertiary/aromatic N) is 1. The van der Waals surface area contributed by atoms with Crippen LogP contribution in [0.1, 0.15) is 6.42 Å². The van der Waals surface area contributed by atoms with E-state index in [-0.39, 0.29) is 23.6 Å². The van der Waals surface area contributed by atoms with Crippen molar-refractivity contribution in [3.05, 3.63) is 23.8 Å². The number of halogens is 2. The lowest BCUT2D eigenvalue weighted by molar-refractivity contribution is 0.388. The molecule has 1 aromatic rings. The topological polar surface area (TPSA) is 97.5 Å². The summed E-state index contributed by atoms with van der Waals surface area (Å²) in [5.74, 6) is -3.38. The summed E-state index contributed by atoms with van der Waals surface area (Å²) in [5, 5.41) is 0. The molecule has 2 rings (SSSR count). The highest BCUT2D eigenvalue weighted by atomic mass is 32.2. The summed E-state index contributed by atoms with van der Waals surface area (Å²) in [5.41, 5.74) is 5.10. The van der Waals surface area contributed by atoms with Crippen LogP contribution in [0.2, 0.25) is 0 Å². The number of hydrogen-bond acceptors (Lipinski definition) is 5. The predicted octanol–water partition coefficient (Wildman–Crippen LogP) is 0.355. The van der Waals surface area contributed by atoms with Gasteiger partial charge in [0.2, 0.25) is 10.0 Å². The Morgan fingerprint density at radius 2 is 1.95 bits per heavy atom. The van der Waals surface area contributed by atoms with Gasteiger partial charge in [0.1, 0.15) is 4.90 Å². The minimum absolute atomic E-state index is 0.116. The summed E-state index contributed by atoms with van der Waals surface area (Å²) in [4.78, 5) is -0.896. The zero-order valence-corrected chi connectivity index (χ0v) is 12.7. The lowest BCUT2D eigenvalue weighted by Gasteiger charge is -2.23. The summed E-state index contributed by atoms with van der Waals surface area (Å²) in [6, 6.07) is 0.686. The van der Waals surface area contributed by atoms with Crippen LogP contribution in [0.25, 0.3) is 0 Å². The lowest BCUT2D eigenvalue weighted by atomic mass is 10.3. The predicted molar refractivity (Wildman–Crippen MR) is 72.8 cm³/mol. The first-order valence-corrected chi connectivity index (χ1v) is 9.24. The Labute approximate surface area is 121 Å². The average Bonchev–Trinajstić information content (AvgIpc) is 2.73. The normalized spacial score (nSPS) is 21.8. The fraction of sp³-hybridized carbons (Fsp3) is 0.455. The molecule has 21 heavy (non-hydrogen) atoms. The second-order valence-corrected chi connectivity index (χ2v) is 9.09. The summed E-state index contributed by atoms with van der Waals surface area (Å²) in [6.07, 6.45) is 0.116. The molecule has 1 fully saturated rings. The van der Waals surface area contributed by atoms with E-state index in [9.17, 15) is 25.6 Å². The van der Waals surface area contributed by atoms with E-state index in [0.29, 0.717) is 6.07 Å². The van der Waals surface area contributed by atoms with Gasteiger partial charge in [-0.25, -0.2) is 25.6 Å². The number of anilines is 1. The van der Waals surface area contributed by atoms with Crippen molar-refractivity contribution in [2.24, 2.45) is 0 Å². The van der Waals surface area contributed by atoms with E-state index < -0.39 is 42.4 Å². The van der Waals surface area contributed by atoms with Crippen molar-refractivity contribution in [2.45, 2.75) is 17.4 Å². The van der Waals surface area contributed by atoms with Crippen LogP contribution >= 0.6 is 0 Å². The van der Waals surface area contributed by atoms with Gasteiger partial charge in [-0.05, 0) is 18.6 Å². The zero-order valence-electron chi connectivity index (χ0n) is 11.1. The van der Waals surface area contributed by atoms with Crippen LogP contribution < -0.4 is 5.73 Å². The number of nitrogen functional groups attached to an aromatic ring is 1. The molecule has 10 heteroatoms. The summed E-state index contributed by atoms with van der Waals surface area (Å²) in [7, 11) is -6.54. The van der Waals surface area contributed by atoms with Crippen molar-refractivity contribution in [1.29, 1.82) is 0 Å². The van der Waals surface area contributed by atoms with Gasteiger partial charge >= 0.3 is 0 Å². The molecule has 1 heterocycles. The Bertz CT molecular complexity index is 778. The summed E-state index contributed by atoms with van der Waals surface area (Å²) >= 11 is 0. The summed E-state index contributed by atoms with van der Waals surface area (Å²) in [6.45, 7) is 0. The first kappa shape index (κ1) is 16.1. The largest absolute Gasteiger partial charge is 0.399 e. The molecule has 0 aromatic heterocycles. The second kappa shape index (κ2) is 5.18. The van der Waals surface area contributed by atoms with E-state index in [1.165, 1.54) is 0 Å². The standard InChI is InChI=1S/C11H14F2N2O4S2/c1-15(8-2-3-20(16,17)6-8)21(18,19)10-5-7(14)4-9(12)11(10)13/h4-5,8H,2-3,6,14H2,1H3. The first-order chi connectivity index (χ1) is 9.54. The summed E-state index contributed by atoms with van der Waals surface area (Å²) < 4.78 is 75.2. The van der Waals surface area contributed by atoms with Gasteiger partial charge in [0.25, 0.3) is 0 Å². The van der Waals surface area contributed by atoms with Gasteiger partial charge in [0, 0.05) is 18.8 Å². The van der Waals surface area contributed by atoms with E-state index in [0.717, 1.165) is 17.4 Å². The van der Waals surface area contributed by atoms with Crippen molar-refractivity contribution in [3.63, 3.8) is 0 Å². The van der Waals surface area contributed by atoms with Crippen LogP contribution in [-0.4, -0.2) is 45.7 Å². The molecule has 0 bridgehead atoms. The molecule has 0 aliphatic carbocycles. The van der Waals surface area contributed by atoms with Crippen molar-refractivity contribution < 1.29 is 25.6 Å². The van der Waals surface area contributed by atoms with Gasteiger partial charge in [0.05, 0.1) is 11.5 Å². The molecule has 1 atom stereocenters. The molecule has 1 aromatic carbocycles. The molecule has 0 saturated carbocycles. The molecule has 1 aliphatic rings. The van der Waals surface area contributed by atoms with Gasteiger partial charge in [-0.2, -0.15) is 4.31 Å². The molecule has 1 unspecified atom stereocenters. The monoisotopic (exact) mass is 340 g/mol. The van der Waals surface area contributed by atoms with Crippen molar-refractivity contribution in [2.75, 3.05) is 24.3 Å². The van der Waals surface area contributed by atoms with Crippen molar-refractivity contribution in [3.8, 4) is 0 Å². The Morgan fingerprint density at radius 1 is 1.33 bits per heavy atom. The molecular weight excluding hydrogens is 326 g/mol. The SMILES string of the molecule is CN(C1CCS(=O)(=O)C1)S(=O)(=O)c1cc(N)cc(F)c1F. The Kier molecular flexibility index (Phi) is 3.98. The van der Waals surface area contributed by atoms with Gasteiger partial charge in [-0.15, -0.1) is 0 Å². The lowest BCUT2D eigenvalue weighted by Crippen LogP contribution is -2.38. The number of rotatable bonds is 3. The maximum absolute atomic E-state index is 13.7. The average molecular weight is 340 g/mol. The van der Waals surface area contributed by atoms with E-state index in [1.54, 1.807) is 0 Å². The fourth-order valence-electron chi connectivity index (χ4n) is 2.19. The molecule has 118 valence electrons. The highest BCUT2D eigenvalue weighted by Crippen LogP contribution is 2.27. The van der Waals surface area contributed by atoms with E-state index in [2.05, 4.69) is 0 Å². The number of benzene rings is 1. The third-order valence-corrected chi connectivity index (χ3v) is 7.06. The fourth-order valence-corrected chi connectivity index (χ4v) is 5.55. The number of sulfone groups is 1. The molecule has 1 aliphatic heterocycles. The first-order valence-electron chi connectivity index (χ1n) is 5.97. The maximum atomic E-state index is 13.7. The van der Waals surface area contributed by atoms with E-state index in [1.807, 2.05) is 0 Å². The van der Waals surface area contributed by atoms with Gasteiger partial charge in [-0.3, -0.25) is 0 Å². The van der Waals surface area contributed by atoms with Crippen LogP contribution in [-0.2, 0) is 19.9 Å².